The molecule has 0 aromatic rings. The Balaban J connectivity index is 2.01. The van der Waals surface area contributed by atoms with Gasteiger partial charge in [0.2, 0.25) is 0 Å². The van der Waals surface area contributed by atoms with Gasteiger partial charge in [0.15, 0.2) is 0 Å². The molecule has 0 spiro atoms. The van der Waals surface area contributed by atoms with Crippen LogP contribution >= 0.6 is 0 Å². The average molecular weight is 300 g/mol. The molecule has 1 fully saturated rings. The van der Waals surface area contributed by atoms with Crippen LogP contribution in [0.1, 0.15) is 40.5 Å². The number of nitrogens with zero attached hydrogens (tertiary/aromatic N) is 1. The van der Waals surface area contributed by atoms with Crippen molar-refractivity contribution in [1.29, 1.82) is 0 Å². The van der Waals surface area contributed by atoms with Gasteiger partial charge in [0.25, 0.3) is 0 Å². The topological polar surface area (TPSA) is 33.7 Å². The smallest absolute Gasteiger partial charge is 0.0826 e. The van der Waals surface area contributed by atoms with Gasteiger partial charge in [0.1, 0.15) is 0 Å². The average Bonchev–Trinajstić information content (AvgIpc) is 2.42. The van der Waals surface area contributed by atoms with Gasteiger partial charge in [-0.1, -0.05) is 27.7 Å². The van der Waals surface area contributed by atoms with Crippen molar-refractivity contribution in [2.45, 2.75) is 46.6 Å². The Bertz CT molecular complexity index is 247. The minimum atomic E-state index is 0.332. The normalized spacial score (nSPS) is 20.6. The first kappa shape index (κ1) is 18.9. The molecule has 1 aliphatic rings. The van der Waals surface area contributed by atoms with E-state index in [1.54, 1.807) is 0 Å². The molecule has 1 N–H and O–H groups in total. The summed E-state index contributed by atoms with van der Waals surface area (Å²) in [5, 5.41) is 3.49. The number of nitrogens with one attached hydrogen (secondary N) is 1. The van der Waals surface area contributed by atoms with E-state index in [4.69, 9.17) is 9.47 Å². The number of hydrogen-bond donors (Lipinski definition) is 1. The molecule has 1 aliphatic heterocycles. The van der Waals surface area contributed by atoms with Gasteiger partial charge in [-0.2, -0.15) is 0 Å². The highest BCUT2D eigenvalue weighted by Gasteiger charge is 2.19. The molecule has 1 rings (SSSR count). The zero-order valence-corrected chi connectivity index (χ0v) is 14.6. The quantitative estimate of drug-likeness (QED) is 0.594. The van der Waals surface area contributed by atoms with E-state index >= 15 is 0 Å². The molecular formula is C17H36N2O2. The van der Waals surface area contributed by atoms with E-state index in [0.717, 1.165) is 58.5 Å². The Morgan fingerprint density at radius 2 is 2.00 bits per heavy atom. The van der Waals surface area contributed by atoms with Crippen molar-refractivity contribution in [3.05, 3.63) is 0 Å². The predicted molar refractivity (Wildman–Crippen MR) is 88.8 cm³/mol. The molecule has 0 saturated carbocycles. The van der Waals surface area contributed by atoms with E-state index < -0.39 is 0 Å². The zero-order chi connectivity index (χ0) is 15.5. The molecule has 4 heteroatoms. The molecule has 4 nitrogen and oxygen atoms in total. The maximum absolute atomic E-state index is 5.82. The lowest BCUT2D eigenvalue weighted by molar-refractivity contribution is -0.0351. The first-order valence-electron chi connectivity index (χ1n) is 8.70. The minimum absolute atomic E-state index is 0.332. The maximum Gasteiger partial charge on any atom is 0.0826 e. The molecule has 0 amide bonds. The Hall–Kier alpha value is -0.160. The van der Waals surface area contributed by atoms with Crippen LogP contribution in [-0.4, -0.2) is 63.5 Å². The van der Waals surface area contributed by atoms with Crippen LogP contribution in [0.5, 0.6) is 0 Å². The molecular weight excluding hydrogens is 264 g/mol. The molecule has 0 radical (unpaired) electrons. The number of morpholine rings is 1. The van der Waals surface area contributed by atoms with Crippen LogP contribution in [0.15, 0.2) is 0 Å². The van der Waals surface area contributed by atoms with Crippen molar-refractivity contribution in [2.24, 2.45) is 11.8 Å². The fourth-order valence-electron chi connectivity index (χ4n) is 2.53. The molecule has 21 heavy (non-hydrogen) atoms. The second kappa shape index (κ2) is 11.4. The molecule has 126 valence electrons. The summed E-state index contributed by atoms with van der Waals surface area (Å²) < 4.78 is 11.6. The van der Waals surface area contributed by atoms with Crippen LogP contribution in [0, 0.1) is 11.8 Å². The highest BCUT2D eigenvalue weighted by molar-refractivity contribution is 4.73. The first-order valence-corrected chi connectivity index (χ1v) is 8.70. The highest BCUT2D eigenvalue weighted by Crippen LogP contribution is 2.06. The molecule has 1 atom stereocenters. The lowest BCUT2D eigenvalue weighted by atomic mass is 10.1. The number of ether oxygens (including phenoxy) is 2. The molecule has 0 aromatic carbocycles. The lowest BCUT2D eigenvalue weighted by Gasteiger charge is -2.33. The third kappa shape index (κ3) is 10.2. The summed E-state index contributed by atoms with van der Waals surface area (Å²) in [5.41, 5.74) is 0. The summed E-state index contributed by atoms with van der Waals surface area (Å²) in [6.45, 7) is 16.7. The SMILES string of the molecule is CC(C)CCCOCCN1CCOC(CNCC(C)C)C1. The Labute approximate surface area is 131 Å². The summed E-state index contributed by atoms with van der Waals surface area (Å²) in [5.74, 6) is 1.48. The summed E-state index contributed by atoms with van der Waals surface area (Å²) in [7, 11) is 0. The van der Waals surface area contributed by atoms with E-state index in [9.17, 15) is 0 Å². The standard InChI is InChI=1S/C17H36N2O2/c1-15(2)6-5-9-20-10-7-19-8-11-21-17(14-19)13-18-12-16(3)4/h15-18H,5-14H2,1-4H3. The fourth-order valence-corrected chi connectivity index (χ4v) is 2.53. The van der Waals surface area contributed by atoms with E-state index in [1.807, 2.05) is 0 Å². The van der Waals surface area contributed by atoms with Crippen LogP contribution in [-0.2, 0) is 9.47 Å². The molecule has 1 heterocycles. The van der Waals surface area contributed by atoms with Crippen molar-refractivity contribution >= 4 is 0 Å². The summed E-state index contributed by atoms with van der Waals surface area (Å²) >= 11 is 0. The van der Waals surface area contributed by atoms with Gasteiger partial charge in [0.05, 0.1) is 19.3 Å². The largest absolute Gasteiger partial charge is 0.380 e. The monoisotopic (exact) mass is 300 g/mol. The molecule has 0 bridgehead atoms. The van der Waals surface area contributed by atoms with Crippen LogP contribution in [0.3, 0.4) is 0 Å². The summed E-state index contributed by atoms with van der Waals surface area (Å²) in [6.07, 6.45) is 2.78. The van der Waals surface area contributed by atoms with Gasteiger partial charge < -0.3 is 14.8 Å². The van der Waals surface area contributed by atoms with E-state index in [-0.39, 0.29) is 0 Å². The molecule has 1 unspecified atom stereocenters. The predicted octanol–water partition coefficient (Wildman–Crippen LogP) is 2.39. The van der Waals surface area contributed by atoms with E-state index in [2.05, 4.69) is 37.9 Å². The highest BCUT2D eigenvalue weighted by atomic mass is 16.5. The zero-order valence-electron chi connectivity index (χ0n) is 14.6. The van der Waals surface area contributed by atoms with Crippen molar-refractivity contribution in [3.8, 4) is 0 Å². The lowest BCUT2D eigenvalue weighted by Crippen LogP contribution is -2.47. The first-order chi connectivity index (χ1) is 10.1. The third-order valence-corrected chi connectivity index (χ3v) is 3.77. The van der Waals surface area contributed by atoms with E-state index in [1.165, 1.54) is 12.8 Å². The van der Waals surface area contributed by atoms with Crippen LogP contribution < -0.4 is 5.32 Å². The number of rotatable bonds is 11. The van der Waals surface area contributed by atoms with Gasteiger partial charge >= 0.3 is 0 Å². The molecule has 0 aromatic heterocycles. The molecule has 1 saturated heterocycles. The van der Waals surface area contributed by atoms with Crippen LogP contribution in [0.4, 0.5) is 0 Å². The fraction of sp³-hybridized carbons (Fsp3) is 1.00. The Kier molecular flexibility index (Phi) is 10.3. The summed E-state index contributed by atoms with van der Waals surface area (Å²) in [6, 6.07) is 0. The van der Waals surface area contributed by atoms with Crippen LogP contribution in [0.25, 0.3) is 0 Å². The second-order valence-electron chi connectivity index (χ2n) is 6.99. The Morgan fingerprint density at radius 1 is 1.19 bits per heavy atom. The minimum Gasteiger partial charge on any atom is -0.380 e. The van der Waals surface area contributed by atoms with Gasteiger partial charge in [-0.05, 0) is 31.2 Å². The van der Waals surface area contributed by atoms with Crippen molar-refractivity contribution in [2.75, 3.05) is 52.5 Å². The second-order valence-corrected chi connectivity index (χ2v) is 6.99. The van der Waals surface area contributed by atoms with Crippen LogP contribution in [0.2, 0.25) is 0 Å². The molecule has 0 aliphatic carbocycles. The third-order valence-electron chi connectivity index (χ3n) is 3.77. The van der Waals surface area contributed by atoms with Crippen molar-refractivity contribution in [3.63, 3.8) is 0 Å². The van der Waals surface area contributed by atoms with Gasteiger partial charge in [-0.25, -0.2) is 0 Å². The van der Waals surface area contributed by atoms with Gasteiger partial charge in [0, 0.05) is 32.8 Å². The van der Waals surface area contributed by atoms with Gasteiger partial charge in [-0.3, -0.25) is 4.90 Å². The number of hydrogen-bond acceptors (Lipinski definition) is 4. The Morgan fingerprint density at radius 3 is 2.71 bits per heavy atom. The van der Waals surface area contributed by atoms with Gasteiger partial charge in [-0.15, -0.1) is 0 Å². The summed E-state index contributed by atoms with van der Waals surface area (Å²) in [4.78, 5) is 2.47. The van der Waals surface area contributed by atoms with E-state index in [0.29, 0.717) is 12.0 Å². The van der Waals surface area contributed by atoms with Crippen molar-refractivity contribution in [1.82, 2.24) is 10.2 Å². The maximum atomic E-state index is 5.82. The van der Waals surface area contributed by atoms with Crippen molar-refractivity contribution < 1.29 is 9.47 Å².